The van der Waals surface area contributed by atoms with E-state index in [-0.39, 0.29) is 44.0 Å². The predicted molar refractivity (Wildman–Crippen MR) is 94.4 cm³/mol. The lowest BCUT2D eigenvalue weighted by Crippen LogP contribution is -2.34. The maximum atomic E-state index is 12.6. The summed E-state index contributed by atoms with van der Waals surface area (Å²) in [5, 5.41) is 4.21. The molecule has 1 aromatic carbocycles. The van der Waals surface area contributed by atoms with Gasteiger partial charge in [0.15, 0.2) is 0 Å². The number of hydrogen-bond donors (Lipinski definition) is 0. The molecule has 0 N–H and O–H groups in total. The van der Waals surface area contributed by atoms with Crippen LogP contribution < -0.4 is 0 Å². The van der Waals surface area contributed by atoms with Crippen molar-refractivity contribution in [2.24, 2.45) is 0 Å². The fourth-order valence-corrected chi connectivity index (χ4v) is 2.22. The zero-order valence-electron chi connectivity index (χ0n) is 16.3. The van der Waals surface area contributed by atoms with E-state index in [4.69, 9.17) is 14.3 Å². The maximum Gasteiger partial charge on any atom is 0.471 e. The number of carbonyl (C=O) groups is 2. The smallest absolute Gasteiger partial charge is 0.384 e. The Balaban J connectivity index is 2.10. The first-order valence-corrected chi connectivity index (χ1v) is 8.74. The number of hydroxylamine groups is 2. The Morgan fingerprint density at radius 3 is 2.27 bits per heavy atom. The maximum absolute atomic E-state index is 12.6. The molecular weight excluding hydrogens is 411 g/mol. The van der Waals surface area contributed by atoms with Gasteiger partial charge in [0.05, 0.1) is 32.6 Å². The van der Waals surface area contributed by atoms with Gasteiger partial charge < -0.3 is 18.8 Å². The molecule has 9 nitrogen and oxygen atoms in total. The molecule has 12 heteroatoms. The first kappa shape index (κ1) is 23.3. The highest BCUT2D eigenvalue weighted by Crippen LogP contribution is 2.29. The van der Waals surface area contributed by atoms with Gasteiger partial charge in [-0.1, -0.05) is 29.4 Å². The minimum Gasteiger partial charge on any atom is -0.384 e. The van der Waals surface area contributed by atoms with E-state index in [1.54, 1.807) is 12.1 Å². The number of halogens is 3. The minimum absolute atomic E-state index is 0.00474. The van der Waals surface area contributed by atoms with Gasteiger partial charge in [0.25, 0.3) is 5.91 Å². The van der Waals surface area contributed by atoms with Gasteiger partial charge in [0.2, 0.25) is 5.82 Å². The summed E-state index contributed by atoms with van der Waals surface area (Å²) >= 11 is 0. The van der Waals surface area contributed by atoms with E-state index in [0.29, 0.717) is 5.56 Å². The Hall–Kier alpha value is -2.99. The number of ether oxygens (including phenoxy) is 2. The van der Waals surface area contributed by atoms with Crippen LogP contribution in [0.2, 0.25) is 0 Å². The summed E-state index contributed by atoms with van der Waals surface area (Å²) in [6.07, 6.45) is -4.78. The largest absolute Gasteiger partial charge is 0.471 e. The molecular formula is C18H20F3N3O6. The van der Waals surface area contributed by atoms with E-state index in [1.807, 2.05) is 0 Å². The van der Waals surface area contributed by atoms with Gasteiger partial charge >= 0.3 is 18.0 Å². The quantitative estimate of drug-likeness (QED) is 0.558. The van der Waals surface area contributed by atoms with Crippen LogP contribution in [-0.4, -0.2) is 54.5 Å². The number of benzene rings is 1. The monoisotopic (exact) mass is 431 g/mol. The molecule has 0 unspecified atom stereocenters. The summed E-state index contributed by atoms with van der Waals surface area (Å²) in [6.45, 7) is 0.211. The number of rotatable bonds is 9. The topological polar surface area (TPSA) is 104 Å². The normalized spacial score (nSPS) is 11.4. The fourth-order valence-electron chi connectivity index (χ4n) is 2.22. The number of aromatic nitrogens is 2. The van der Waals surface area contributed by atoms with Crippen molar-refractivity contribution < 1.29 is 41.6 Å². The van der Waals surface area contributed by atoms with Crippen molar-refractivity contribution in [2.45, 2.75) is 25.6 Å². The number of hydrogen-bond acceptors (Lipinski definition) is 8. The molecule has 0 bridgehead atoms. The molecule has 0 aliphatic heterocycles. The van der Waals surface area contributed by atoms with E-state index in [9.17, 15) is 22.8 Å². The Labute approximate surface area is 169 Å². The Bertz CT molecular complexity index is 838. The van der Waals surface area contributed by atoms with E-state index >= 15 is 0 Å². The first-order valence-electron chi connectivity index (χ1n) is 8.74. The van der Waals surface area contributed by atoms with Crippen molar-refractivity contribution in [2.75, 3.05) is 27.4 Å². The highest BCUT2D eigenvalue weighted by Gasteiger charge is 2.38. The van der Waals surface area contributed by atoms with E-state index < -0.39 is 23.9 Å². The average molecular weight is 431 g/mol. The lowest BCUT2D eigenvalue weighted by Gasteiger charge is -2.21. The molecule has 2 rings (SSSR count). The molecule has 0 aliphatic rings. The zero-order valence-corrected chi connectivity index (χ0v) is 16.3. The minimum atomic E-state index is -4.74. The summed E-state index contributed by atoms with van der Waals surface area (Å²) in [5.41, 5.74) is 0.843. The third-order valence-corrected chi connectivity index (χ3v) is 3.73. The van der Waals surface area contributed by atoms with Crippen LogP contribution in [0.5, 0.6) is 0 Å². The number of carbonyl (C=O) groups excluding carboxylic acids is 2. The molecule has 0 radical (unpaired) electrons. The Morgan fingerprint density at radius 2 is 1.70 bits per heavy atom. The number of amides is 1. The van der Waals surface area contributed by atoms with Gasteiger partial charge in [-0.3, -0.25) is 4.79 Å². The van der Waals surface area contributed by atoms with Crippen LogP contribution in [0.15, 0.2) is 28.8 Å². The molecule has 1 heterocycles. The van der Waals surface area contributed by atoms with Crippen molar-refractivity contribution in [1.82, 2.24) is 15.2 Å². The Morgan fingerprint density at radius 1 is 1.07 bits per heavy atom. The summed E-state index contributed by atoms with van der Waals surface area (Å²) in [5.74, 6) is -2.79. The van der Waals surface area contributed by atoms with Gasteiger partial charge in [0, 0.05) is 19.8 Å². The fraction of sp³-hybridized carbons (Fsp3) is 0.444. The zero-order chi connectivity index (χ0) is 22.1. The predicted octanol–water partition coefficient (Wildman–Crippen LogP) is 2.62. The van der Waals surface area contributed by atoms with Crippen molar-refractivity contribution in [1.29, 1.82) is 0 Å². The third-order valence-electron chi connectivity index (χ3n) is 3.73. The molecule has 0 saturated heterocycles. The second-order valence-electron chi connectivity index (χ2n) is 6.00. The second kappa shape index (κ2) is 10.7. The highest BCUT2D eigenvalue weighted by atomic mass is 19.4. The van der Waals surface area contributed by atoms with Gasteiger partial charge in [-0.25, -0.2) is 4.79 Å². The number of methoxy groups -OCH3 is 2. The number of alkyl halides is 3. The van der Waals surface area contributed by atoms with Crippen LogP contribution in [0, 0.1) is 0 Å². The molecule has 1 aromatic heterocycles. The lowest BCUT2D eigenvalue weighted by molar-refractivity contribution is -0.202. The summed E-state index contributed by atoms with van der Waals surface area (Å²) in [4.78, 5) is 32.6. The molecule has 2 aromatic rings. The van der Waals surface area contributed by atoms with Crippen LogP contribution in [0.4, 0.5) is 13.2 Å². The first-order chi connectivity index (χ1) is 14.2. The van der Waals surface area contributed by atoms with Gasteiger partial charge in [0.1, 0.15) is 0 Å². The molecule has 0 atom stereocenters. The standard InChI is InChI=1S/C18H20F3N3O6/c1-27-9-7-14(25)24(30-15(26)8-10-28-2)11-12-3-5-13(6-4-12)16-22-17(29-23-16)18(19,20)21/h3-6H,7-11H2,1-2H3. The molecule has 0 spiro atoms. The van der Waals surface area contributed by atoms with Crippen LogP contribution in [0.25, 0.3) is 11.4 Å². The molecule has 1 amide bonds. The van der Waals surface area contributed by atoms with Crippen LogP contribution >= 0.6 is 0 Å². The van der Waals surface area contributed by atoms with Crippen LogP contribution in [-0.2, 0) is 36.6 Å². The van der Waals surface area contributed by atoms with E-state index in [0.717, 1.165) is 5.06 Å². The summed E-state index contributed by atoms with van der Waals surface area (Å²) in [7, 11) is 2.86. The highest BCUT2D eigenvalue weighted by molar-refractivity contribution is 5.78. The SMILES string of the molecule is COCCC(=O)ON(Cc1ccc(-c2noc(C(F)(F)F)n2)cc1)C(=O)CCOC. The summed E-state index contributed by atoms with van der Waals surface area (Å²) in [6, 6.07) is 6.01. The van der Waals surface area contributed by atoms with E-state index in [1.165, 1.54) is 26.4 Å². The third kappa shape index (κ3) is 6.81. The Kier molecular flexibility index (Phi) is 8.30. The van der Waals surface area contributed by atoms with Crippen molar-refractivity contribution in [3.05, 3.63) is 35.7 Å². The molecule has 30 heavy (non-hydrogen) atoms. The molecule has 164 valence electrons. The molecule has 0 saturated carbocycles. The van der Waals surface area contributed by atoms with Gasteiger partial charge in [-0.2, -0.15) is 23.2 Å². The second-order valence-corrected chi connectivity index (χ2v) is 6.00. The van der Waals surface area contributed by atoms with Crippen molar-refractivity contribution in [3.8, 4) is 11.4 Å². The van der Waals surface area contributed by atoms with Crippen molar-refractivity contribution >= 4 is 11.9 Å². The average Bonchev–Trinajstić information content (AvgIpc) is 3.21. The van der Waals surface area contributed by atoms with Crippen LogP contribution in [0.3, 0.4) is 0 Å². The number of nitrogens with zero attached hydrogens (tertiary/aromatic N) is 3. The molecule has 0 aliphatic carbocycles. The van der Waals surface area contributed by atoms with Gasteiger partial charge in [-0.05, 0) is 5.56 Å². The summed E-state index contributed by atoms with van der Waals surface area (Å²) < 4.78 is 51.6. The lowest BCUT2D eigenvalue weighted by atomic mass is 10.1. The van der Waals surface area contributed by atoms with Crippen LogP contribution in [0.1, 0.15) is 24.3 Å². The molecule has 0 fully saturated rings. The van der Waals surface area contributed by atoms with Gasteiger partial charge in [-0.15, -0.1) is 0 Å². The van der Waals surface area contributed by atoms with Crippen molar-refractivity contribution in [3.63, 3.8) is 0 Å². The van der Waals surface area contributed by atoms with E-state index in [2.05, 4.69) is 14.7 Å².